The molecule has 0 radical (unpaired) electrons. The van der Waals surface area contributed by atoms with Gasteiger partial charge in [0, 0.05) is 44.4 Å². The van der Waals surface area contributed by atoms with Gasteiger partial charge in [0.25, 0.3) is 0 Å². The zero-order chi connectivity index (χ0) is 66.4. The van der Waals surface area contributed by atoms with Gasteiger partial charge in [-0.1, -0.05) is 6.42 Å². The number of carbonyl (C=O) groups is 2. The standard InChI is InChI=1S/C82H105N3O13P2S2/c83-7-3-1-2-5-23(88)85-12-20(98-99(92,93)95-14-17-9-19(87)11-84(17)24(89)6-4-8-101)10-18(85)15-96-100(94,102)97-16-22-26-28-30-32-34-36-38-40-42-44-46-48-50-52-53-51(54(52)56(50)58(48)60(46)62(44)64(42)66(40)68(38)70(36)72(34)74(32)76(30)78(28)80(26)82(22)91)49-47-45-43-41-39-37-35-33-31-29-27-25-21(13-86)81(90)79(25)77(27)75(29)73(31)71(33)69(35)67(37)65(39)63(41)61(43)59(45)57(47)55(49)53/h17-22,25-82,86-87,90-91,101H,1-16,83H2,(H,92,93)(H,94,102)/t17-,18-,19+,20?,21+,22+,25+,26+,27+,28+,29+,30+,31+,32+,33+,34+,35?,36+,37+,38+,39+,40+,41+,42+,43+,44+,45+,46+,47+,48+,49+,50+,51-,52+,53+,54-,55+,56+,57+,58+,59+,60+,61+,62+,63+,64+,65+,66+,67+,68+,69?,70+,71+,72+,73+,74+,75+,76+,77+,78+,79+,80+,81+,82+,100?/m0/s1. The van der Waals surface area contributed by atoms with Crippen molar-refractivity contribution < 1.29 is 62.5 Å². The van der Waals surface area contributed by atoms with Crippen molar-refractivity contribution in [1.29, 1.82) is 0 Å². The van der Waals surface area contributed by atoms with Gasteiger partial charge in [0.2, 0.25) is 11.8 Å². The van der Waals surface area contributed by atoms with E-state index in [0.29, 0.717) is 60.6 Å². The minimum Gasteiger partial charge on any atom is -0.396 e. The van der Waals surface area contributed by atoms with Crippen LogP contribution in [0.5, 0.6) is 0 Å². The molecule has 0 aromatic heterocycles. The second-order valence-electron chi connectivity index (χ2n) is 44.3. The lowest BCUT2D eigenvalue weighted by Gasteiger charge is -3.02. The highest BCUT2D eigenvalue weighted by molar-refractivity contribution is 8.07. The average Bonchev–Trinajstić information content (AvgIpc) is 0.610. The fourth-order valence-electron chi connectivity index (χ4n) is 45.0. The molecule has 2 aliphatic heterocycles. The zero-order valence-corrected chi connectivity index (χ0v) is 61.5. The Morgan fingerprint density at radius 2 is 0.686 bits per heavy atom. The minimum absolute atomic E-state index is 0.0168. The number of rotatable bonds is 20. The molecule has 548 valence electrons. The van der Waals surface area contributed by atoms with E-state index in [9.17, 15) is 44.4 Å². The third-order valence-electron chi connectivity index (χ3n) is 45.9. The van der Waals surface area contributed by atoms with E-state index in [-0.39, 0.29) is 95.0 Å². The summed E-state index contributed by atoms with van der Waals surface area (Å²) < 4.78 is 36.8. The van der Waals surface area contributed by atoms with Crippen molar-refractivity contribution in [3.8, 4) is 0 Å². The molecule has 16 nitrogen and oxygen atoms in total. The van der Waals surface area contributed by atoms with Crippen LogP contribution < -0.4 is 5.73 Å². The Kier molecular flexibility index (Phi) is 10.5. The summed E-state index contributed by atoms with van der Waals surface area (Å²) in [7, 11) is -4.68. The van der Waals surface area contributed by atoms with Gasteiger partial charge in [0.15, 0.2) is 0 Å². The maximum absolute atomic E-state index is 13.7. The molecule has 20 heteroatoms. The quantitative estimate of drug-likeness (QED) is 0.0286. The van der Waals surface area contributed by atoms with E-state index >= 15 is 0 Å². The summed E-state index contributed by atoms with van der Waals surface area (Å²) in [5, 5.41) is 43.2. The number of aliphatic hydroxyl groups is 4. The van der Waals surface area contributed by atoms with Crippen LogP contribution in [0.25, 0.3) is 0 Å². The lowest BCUT2D eigenvalue weighted by molar-refractivity contribution is -0.556. The minimum atomic E-state index is -4.68. The van der Waals surface area contributed by atoms with Crippen molar-refractivity contribution in [2.45, 2.75) is 87.9 Å². The van der Waals surface area contributed by atoms with Gasteiger partial charge in [-0.25, -0.2) is 4.57 Å². The van der Waals surface area contributed by atoms with Crippen LogP contribution >= 0.6 is 27.2 Å². The molecule has 0 spiro atoms. The van der Waals surface area contributed by atoms with E-state index in [4.69, 9.17) is 35.6 Å². The van der Waals surface area contributed by atoms with E-state index < -0.39 is 44.9 Å². The first-order valence-corrected chi connectivity index (χ1v) is 48.3. The van der Waals surface area contributed by atoms with Gasteiger partial charge in [0.1, 0.15) is 0 Å². The third-order valence-corrected chi connectivity index (χ3v) is 48.9. The maximum atomic E-state index is 13.7. The van der Waals surface area contributed by atoms with Crippen molar-refractivity contribution in [2.24, 2.45) is 349 Å². The molecule has 31 fully saturated rings. The van der Waals surface area contributed by atoms with Gasteiger partial charge in [-0.2, -0.15) is 12.6 Å². The van der Waals surface area contributed by atoms with E-state index in [2.05, 4.69) is 12.6 Å². The number of unbranched alkanes of at least 4 members (excludes halogenated alkanes) is 2. The van der Waals surface area contributed by atoms with Gasteiger partial charge in [-0.3, -0.25) is 18.6 Å². The summed E-state index contributed by atoms with van der Waals surface area (Å²) >= 11 is 9.87. The first-order valence-electron chi connectivity index (χ1n) is 43.5. The molecule has 66 atom stereocenters. The summed E-state index contributed by atoms with van der Waals surface area (Å²) in [6.07, 6.45) is 1.40. The Hall–Kier alpha value is -0.270. The van der Waals surface area contributed by atoms with Crippen LogP contribution in [0.2, 0.25) is 0 Å². The monoisotopic (exact) mass is 1470 g/mol. The number of aliphatic hydroxyl groups excluding tert-OH is 4. The second-order valence-corrected chi connectivity index (χ2v) is 49.0. The molecule has 31 aliphatic rings. The molecule has 2 heterocycles. The zero-order valence-electron chi connectivity index (χ0n) is 58.0. The highest BCUT2D eigenvalue weighted by Gasteiger charge is 3.01. The van der Waals surface area contributed by atoms with Crippen LogP contribution in [0.15, 0.2) is 0 Å². The number of nitrogens with two attached hydrogens (primary N) is 1. The topological polar surface area (TPSA) is 242 Å². The smallest absolute Gasteiger partial charge is 0.396 e. The van der Waals surface area contributed by atoms with Crippen LogP contribution in [0, 0.1) is 343 Å². The predicted octanol–water partition coefficient (Wildman–Crippen LogP) is 6.38. The fourth-order valence-corrected chi connectivity index (χ4v) is 47.3. The van der Waals surface area contributed by atoms with Gasteiger partial charge in [0.05, 0.1) is 56.3 Å². The third kappa shape index (κ3) is 5.54. The Morgan fingerprint density at radius 1 is 0.392 bits per heavy atom. The number of amides is 2. The predicted molar refractivity (Wildman–Crippen MR) is 367 cm³/mol. The van der Waals surface area contributed by atoms with Crippen molar-refractivity contribution in [3.63, 3.8) is 0 Å². The summed E-state index contributed by atoms with van der Waals surface area (Å²) in [4.78, 5) is 52.3. The number of hydrogen-bond acceptors (Lipinski definition) is 14. The maximum Gasteiger partial charge on any atom is 0.472 e. The van der Waals surface area contributed by atoms with Crippen LogP contribution in [0.4, 0.5) is 0 Å². The Balaban J connectivity index is 0.324. The molecular weight excluding hydrogens is 1360 g/mol. The molecule has 0 aromatic rings. The van der Waals surface area contributed by atoms with E-state index in [0.717, 1.165) is 155 Å². The first kappa shape index (κ1) is 59.5. The van der Waals surface area contributed by atoms with E-state index in [1.54, 1.807) is 4.90 Å². The number of phosphoric acid groups is 1. The number of carbonyl (C=O) groups excluding carboxylic acids is 2. The lowest BCUT2D eigenvalue weighted by atomic mass is 9.02. The lowest BCUT2D eigenvalue weighted by Crippen LogP contribution is -2.99. The number of fused-ring (bicyclic) bond motifs is 82. The van der Waals surface area contributed by atoms with Gasteiger partial charge >= 0.3 is 14.5 Å². The van der Waals surface area contributed by atoms with Gasteiger partial charge in [-0.05, 0) is 388 Å². The Morgan fingerprint density at radius 3 is 1.04 bits per heavy atom. The van der Waals surface area contributed by atoms with Crippen LogP contribution in [0.3, 0.4) is 0 Å². The summed E-state index contributed by atoms with van der Waals surface area (Å²) in [6, 6.07) is -1.20. The Labute approximate surface area is 608 Å². The number of phosphoric ester groups is 1. The molecule has 8 N–H and O–H groups in total. The summed E-state index contributed by atoms with van der Waals surface area (Å²) in [6.45, 7) is -3.17. The van der Waals surface area contributed by atoms with Gasteiger partial charge < -0.3 is 54.8 Å². The highest BCUT2D eigenvalue weighted by atomic mass is 32.5. The van der Waals surface area contributed by atoms with Crippen LogP contribution in [-0.2, 0) is 44.1 Å². The molecule has 2 amide bonds. The van der Waals surface area contributed by atoms with Crippen molar-refractivity contribution >= 4 is 50.8 Å². The number of likely N-dealkylation sites (tertiary alicyclic amines) is 2. The molecule has 5 unspecified atom stereocenters. The van der Waals surface area contributed by atoms with Crippen LogP contribution in [0.1, 0.15) is 51.4 Å². The molecule has 29 saturated carbocycles. The SMILES string of the molecule is NCCCCCC(=O)N1CC(OP(=O)(O)OC[C@@H]2C[C@@H](O)CN2C(=O)CCCS)C[C@H]1COP(O)(=S)OC[C@H]1[C@@H](O)[C@@H]2[C@H]1[C@H]1[C@@H]2[C@@H]2[C@H]1[C@H]1[C@@H]2[C@@H]2[C@H]1[C@H]1[C@@H]2[C@@H]2[C@H]1[C@H]1[C@@H]2[C@@H]2[C@H]1[C@H]1[C@@H]2[C@H]2[C@H]3[C@H]4[C@H]5[C@H]6[C@H]7[C@H]8[C@H]9[C@H]%10[C@H]%11[C@H]%12[C@H]%13C%14C([C@H]%13[C@H]%12[C@H]%11[C@H]%10[C@H]9[C@H]8[C@H]7[C@H]6[C@H]5[C@H]4[C@H]3[C@@H]12)[C@H]1[C@@H]%14[C@@H]2[C@H]1[C@@H]1[C@@H]3[C@@H]4[C@H](O)[C@H](CO)[C@@H]4[C@@H]3[C@H]21. The van der Waals surface area contributed by atoms with Gasteiger partial charge in [-0.15, -0.1) is 0 Å². The molecule has 29 aliphatic carbocycles. The van der Waals surface area contributed by atoms with Crippen LogP contribution in [-0.4, -0.2) is 140 Å². The van der Waals surface area contributed by atoms with Crippen molar-refractivity contribution in [1.82, 2.24) is 9.80 Å². The summed E-state index contributed by atoms with van der Waals surface area (Å²) in [5.41, 5.74) is 5.74. The number of β-amino-alcohol motifs (C(OH)–C–C–N with tert-alkyl or cyclic N) is 1. The fraction of sp³-hybridized carbons (Fsp3) is 0.976. The number of nitrogens with zero attached hydrogens (tertiary/aromatic N) is 2. The average molecular weight is 1470 g/mol. The van der Waals surface area contributed by atoms with E-state index in [1.165, 1.54) is 159 Å². The van der Waals surface area contributed by atoms with Crippen molar-refractivity contribution in [3.05, 3.63) is 0 Å². The largest absolute Gasteiger partial charge is 0.472 e. The second kappa shape index (κ2) is 18.0. The molecule has 2 saturated heterocycles. The van der Waals surface area contributed by atoms with E-state index in [1.807, 2.05) is 0 Å². The molecule has 102 heavy (non-hydrogen) atoms. The summed E-state index contributed by atoms with van der Waals surface area (Å²) in [5.74, 6) is 59.9. The Bertz CT molecular complexity index is 4060. The highest BCUT2D eigenvalue weighted by Crippen LogP contribution is 3.04. The molecule has 0 aromatic carbocycles. The molecule has 0 bridgehead atoms. The number of thiol groups is 1. The van der Waals surface area contributed by atoms with Crippen molar-refractivity contribution in [2.75, 3.05) is 51.8 Å². The molecule has 31 rings (SSSR count). The normalized spacial score (nSPS) is 73.8. The molecular formula is C82H105N3O13P2S2. The first-order chi connectivity index (χ1) is 49.7. The number of hydrogen-bond donors (Lipinski definition) is 8.